The molecule has 1 aliphatic rings. The number of anilines is 1. The highest BCUT2D eigenvalue weighted by molar-refractivity contribution is 5.84. The number of carboxylic acids is 1. The number of benzene rings is 1. The van der Waals surface area contributed by atoms with E-state index >= 15 is 0 Å². The van der Waals surface area contributed by atoms with Crippen LogP contribution in [0.3, 0.4) is 0 Å². The zero-order chi connectivity index (χ0) is 21.4. The van der Waals surface area contributed by atoms with E-state index in [1.54, 1.807) is 12.1 Å². The van der Waals surface area contributed by atoms with Crippen LogP contribution in [0.25, 0.3) is 0 Å². The van der Waals surface area contributed by atoms with Crippen molar-refractivity contribution in [2.24, 2.45) is 0 Å². The highest BCUT2D eigenvalue weighted by Crippen LogP contribution is 2.13. The molecule has 0 bridgehead atoms. The Morgan fingerprint density at radius 1 is 1.31 bits per heavy atom. The Balaban J connectivity index is 0.000000370. The van der Waals surface area contributed by atoms with E-state index in [0.29, 0.717) is 25.4 Å². The number of carbonyl (C=O) groups is 2. The van der Waals surface area contributed by atoms with Gasteiger partial charge in [-0.15, -0.1) is 0 Å². The van der Waals surface area contributed by atoms with E-state index in [1.165, 1.54) is 12.1 Å². The maximum Gasteiger partial charge on any atom is 0.490 e. The number of amides is 1. The van der Waals surface area contributed by atoms with Crippen molar-refractivity contribution in [1.82, 2.24) is 15.5 Å². The van der Waals surface area contributed by atoms with Gasteiger partial charge in [-0.05, 0) is 17.7 Å². The maximum absolute atomic E-state index is 12.9. The number of carbonyl (C=O) groups excluding carboxylic acids is 1. The molecule has 1 aliphatic heterocycles. The lowest BCUT2D eigenvalue weighted by molar-refractivity contribution is -0.192. The topological polar surface area (TPSA) is 127 Å². The summed E-state index contributed by atoms with van der Waals surface area (Å²) in [5.41, 5.74) is 0.865. The van der Waals surface area contributed by atoms with Crippen molar-refractivity contribution in [2.45, 2.75) is 18.6 Å². The summed E-state index contributed by atoms with van der Waals surface area (Å²) in [6.45, 7) is 1.20. The van der Waals surface area contributed by atoms with Crippen molar-refractivity contribution >= 4 is 17.9 Å². The van der Waals surface area contributed by atoms with Crippen LogP contribution in [0.2, 0.25) is 0 Å². The number of nitrogens with one attached hydrogen (secondary N) is 2. The smallest absolute Gasteiger partial charge is 0.475 e. The fraction of sp³-hybridized carbons (Fsp3) is 0.375. The molecular weight excluding hydrogens is 404 g/mol. The Kier molecular flexibility index (Phi) is 7.47. The molecule has 0 saturated carbocycles. The molecule has 1 unspecified atom stereocenters. The van der Waals surface area contributed by atoms with Crippen molar-refractivity contribution < 1.29 is 41.5 Å². The summed E-state index contributed by atoms with van der Waals surface area (Å²) in [5, 5.41) is 16.5. The Bertz CT molecular complexity index is 825. The quantitative estimate of drug-likeness (QED) is 0.633. The molecule has 9 nitrogen and oxygen atoms in total. The zero-order valence-corrected chi connectivity index (χ0v) is 14.7. The minimum absolute atomic E-state index is 0.155. The first-order valence-corrected chi connectivity index (χ1v) is 8.14. The largest absolute Gasteiger partial charge is 0.490 e. The molecule has 0 radical (unpaired) electrons. The first kappa shape index (κ1) is 22.1. The molecule has 13 heteroatoms. The van der Waals surface area contributed by atoms with Gasteiger partial charge in [-0.25, -0.2) is 9.18 Å². The van der Waals surface area contributed by atoms with Gasteiger partial charge in [0.2, 0.25) is 5.91 Å². The van der Waals surface area contributed by atoms with Gasteiger partial charge in [0.05, 0.1) is 13.2 Å². The summed E-state index contributed by atoms with van der Waals surface area (Å²) in [6.07, 6.45) is -4.67. The van der Waals surface area contributed by atoms with Crippen LogP contribution in [0.5, 0.6) is 0 Å². The van der Waals surface area contributed by atoms with E-state index < -0.39 is 18.2 Å². The number of alkyl halides is 3. The van der Waals surface area contributed by atoms with Gasteiger partial charge in [-0.2, -0.15) is 18.2 Å². The Hall–Kier alpha value is -3.22. The molecule has 1 atom stereocenters. The Labute approximate surface area is 161 Å². The summed E-state index contributed by atoms with van der Waals surface area (Å²) in [4.78, 5) is 24.8. The number of rotatable bonds is 4. The van der Waals surface area contributed by atoms with Gasteiger partial charge in [-0.1, -0.05) is 17.3 Å². The van der Waals surface area contributed by atoms with Crippen molar-refractivity contribution in [3.63, 3.8) is 0 Å². The number of carboxylic acid groups (broad SMARTS) is 1. The minimum Gasteiger partial charge on any atom is -0.475 e. The third-order valence-electron chi connectivity index (χ3n) is 3.43. The summed E-state index contributed by atoms with van der Waals surface area (Å²) < 4.78 is 54.9. The second kappa shape index (κ2) is 9.82. The Morgan fingerprint density at radius 2 is 1.97 bits per heavy atom. The zero-order valence-electron chi connectivity index (χ0n) is 14.7. The molecule has 1 fully saturated rings. The van der Waals surface area contributed by atoms with Crippen molar-refractivity contribution in [3.05, 3.63) is 41.5 Å². The summed E-state index contributed by atoms with van der Waals surface area (Å²) in [6, 6.07) is 5.66. The van der Waals surface area contributed by atoms with Crippen molar-refractivity contribution in [2.75, 3.05) is 25.1 Å². The van der Waals surface area contributed by atoms with Gasteiger partial charge in [-0.3, -0.25) is 4.79 Å². The lowest BCUT2D eigenvalue weighted by Gasteiger charge is -2.11. The SMILES string of the molecule is O=C(O)C(F)(F)F.O=C1NCCOCC1Nc1nc(Cc2ccc(F)cc2)no1. The Morgan fingerprint density at radius 3 is 2.59 bits per heavy atom. The summed E-state index contributed by atoms with van der Waals surface area (Å²) in [5.74, 6) is -2.77. The lowest BCUT2D eigenvalue weighted by Crippen LogP contribution is -2.40. The van der Waals surface area contributed by atoms with Crippen LogP contribution in [-0.4, -0.2) is 59.1 Å². The van der Waals surface area contributed by atoms with E-state index in [2.05, 4.69) is 20.8 Å². The van der Waals surface area contributed by atoms with Crippen molar-refractivity contribution in [1.29, 1.82) is 0 Å². The number of aromatic nitrogens is 2. The normalized spacial score (nSPS) is 16.8. The van der Waals surface area contributed by atoms with Gasteiger partial charge >= 0.3 is 18.2 Å². The van der Waals surface area contributed by atoms with Gasteiger partial charge in [0, 0.05) is 13.0 Å². The van der Waals surface area contributed by atoms with E-state index in [0.717, 1.165) is 5.56 Å². The number of hydrogen-bond acceptors (Lipinski definition) is 7. The first-order chi connectivity index (χ1) is 13.6. The van der Waals surface area contributed by atoms with Crippen LogP contribution in [0.4, 0.5) is 23.6 Å². The predicted molar refractivity (Wildman–Crippen MR) is 88.4 cm³/mol. The molecule has 1 aromatic heterocycles. The van der Waals surface area contributed by atoms with Crippen LogP contribution < -0.4 is 10.6 Å². The average Bonchev–Trinajstić information content (AvgIpc) is 2.98. The van der Waals surface area contributed by atoms with Crippen LogP contribution in [-0.2, 0) is 20.7 Å². The van der Waals surface area contributed by atoms with E-state index in [4.69, 9.17) is 19.2 Å². The van der Waals surface area contributed by atoms with E-state index in [-0.39, 0.29) is 24.3 Å². The number of nitrogens with zero attached hydrogens (tertiary/aromatic N) is 2. The van der Waals surface area contributed by atoms with E-state index in [1.807, 2.05) is 0 Å². The average molecular weight is 420 g/mol. The van der Waals surface area contributed by atoms with Crippen LogP contribution >= 0.6 is 0 Å². The summed E-state index contributed by atoms with van der Waals surface area (Å²) in [7, 11) is 0. The summed E-state index contributed by atoms with van der Waals surface area (Å²) >= 11 is 0. The predicted octanol–water partition coefficient (Wildman–Crippen LogP) is 1.36. The molecule has 1 amide bonds. The molecule has 1 aromatic carbocycles. The molecule has 0 spiro atoms. The number of ether oxygens (including phenoxy) is 1. The molecule has 2 heterocycles. The minimum atomic E-state index is -5.08. The molecule has 2 aromatic rings. The molecule has 3 rings (SSSR count). The van der Waals surface area contributed by atoms with Gasteiger partial charge in [0.25, 0.3) is 0 Å². The lowest BCUT2D eigenvalue weighted by atomic mass is 10.1. The van der Waals surface area contributed by atoms with Crippen molar-refractivity contribution in [3.8, 4) is 0 Å². The third kappa shape index (κ3) is 7.37. The standard InChI is InChI=1S/C14H15FN4O3.C2HF3O2/c15-10-3-1-9(2-4-10)7-12-18-14(22-19-12)17-11-8-21-6-5-16-13(11)20;3-2(4,5)1(6)7/h1-4,11H,5-8H2,(H,16,20)(H,17,18,19);(H,6,7). The second-order valence-corrected chi connectivity index (χ2v) is 5.68. The number of aliphatic carboxylic acids is 1. The molecule has 1 saturated heterocycles. The molecule has 158 valence electrons. The van der Waals surface area contributed by atoms with Crippen LogP contribution in [0, 0.1) is 5.82 Å². The number of hydrogen-bond donors (Lipinski definition) is 3. The number of halogens is 4. The van der Waals surface area contributed by atoms with Gasteiger partial charge < -0.3 is 25.0 Å². The van der Waals surface area contributed by atoms with Gasteiger partial charge in [0.1, 0.15) is 11.9 Å². The van der Waals surface area contributed by atoms with E-state index in [9.17, 15) is 22.4 Å². The van der Waals surface area contributed by atoms with Gasteiger partial charge in [0.15, 0.2) is 5.82 Å². The first-order valence-electron chi connectivity index (χ1n) is 8.14. The highest BCUT2D eigenvalue weighted by atomic mass is 19.4. The molecular formula is C16H16F4N4O5. The van der Waals surface area contributed by atoms with Crippen LogP contribution in [0.1, 0.15) is 11.4 Å². The second-order valence-electron chi connectivity index (χ2n) is 5.68. The van der Waals surface area contributed by atoms with Crippen LogP contribution in [0.15, 0.2) is 28.8 Å². The molecule has 29 heavy (non-hydrogen) atoms. The maximum atomic E-state index is 12.9. The molecule has 3 N–H and O–H groups in total. The highest BCUT2D eigenvalue weighted by Gasteiger charge is 2.38. The fourth-order valence-electron chi connectivity index (χ4n) is 2.07. The monoisotopic (exact) mass is 420 g/mol. The fourth-order valence-corrected chi connectivity index (χ4v) is 2.07. The molecule has 0 aliphatic carbocycles. The third-order valence-corrected chi connectivity index (χ3v) is 3.43.